The summed E-state index contributed by atoms with van der Waals surface area (Å²) in [5.74, 6) is 2.34. The quantitative estimate of drug-likeness (QED) is 0.728. The third-order valence-electron chi connectivity index (χ3n) is 2.47. The second-order valence-electron chi connectivity index (χ2n) is 3.69. The van der Waals surface area contributed by atoms with Crippen molar-refractivity contribution in [2.75, 3.05) is 17.6 Å². The molecule has 4 heteroatoms. The number of nitrogens with zero attached hydrogens (tertiary/aromatic N) is 2. The predicted molar refractivity (Wildman–Crippen MR) is 52.2 cm³/mol. The van der Waals surface area contributed by atoms with E-state index < -0.39 is 0 Å². The van der Waals surface area contributed by atoms with Crippen LogP contribution < -0.4 is 11.1 Å². The van der Waals surface area contributed by atoms with E-state index in [-0.39, 0.29) is 0 Å². The number of anilines is 2. The normalized spacial score (nSPS) is 25.6. The van der Waals surface area contributed by atoms with Gasteiger partial charge in [0, 0.05) is 6.54 Å². The van der Waals surface area contributed by atoms with Crippen molar-refractivity contribution in [1.82, 2.24) is 9.97 Å². The molecule has 1 heterocycles. The zero-order valence-electron chi connectivity index (χ0n) is 7.70. The molecule has 2 unspecified atom stereocenters. The molecule has 1 aromatic rings. The summed E-state index contributed by atoms with van der Waals surface area (Å²) in [4.78, 5) is 8.11. The van der Waals surface area contributed by atoms with Gasteiger partial charge in [-0.05, 0) is 18.3 Å². The predicted octanol–water partition coefficient (Wildman–Crippen LogP) is 1.13. The van der Waals surface area contributed by atoms with E-state index in [2.05, 4.69) is 22.2 Å². The second-order valence-corrected chi connectivity index (χ2v) is 3.69. The standard InChI is InChI=1S/C9H14N4/c1-6-2-7(6)3-11-9-12-4-8(10)5-13-9/h4-7H,2-3,10H2,1H3,(H,11,12,13). The molecule has 0 saturated heterocycles. The molecule has 0 radical (unpaired) electrons. The highest BCUT2D eigenvalue weighted by Crippen LogP contribution is 2.37. The lowest BCUT2D eigenvalue weighted by Crippen LogP contribution is -2.07. The highest BCUT2D eigenvalue weighted by molar-refractivity contribution is 5.35. The van der Waals surface area contributed by atoms with Crippen LogP contribution in [0.25, 0.3) is 0 Å². The maximum atomic E-state index is 5.46. The van der Waals surface area contributed by atoms with Gasteiger partial charge < -0.3 is 11.1 Å². The molecular weight excluding hydrogens is 164 g/mol. The van der Waals surface area contributed by atoms with E-state index in [4.69, 9.17) is 5.73 Å². The zero-order chi connectivity index (χ0) is 9.26. The van der Waals surface area contributed by atoms with E-state index in [0.29, 0.717) is 11.6 Å². The maximum Gasteiger partial charge on any atom is 0.222 e. The Morgan fingerprint density at radius 3 is 2.69 bits per heavy atom. The lowest BCUT2D eigenvalue weighted by atomic mass is 10.3. The van der Waals surface area contributed by atoms with Crippen LogP contribution in [0.5, 0.6) is 0 Å². The van der Waals surface area contributed by atoms with E-state index in [1.807, 2.05) is 0 Å². The minimum Gasteiger partial charge on any atom is -0.396 e. The molecule has 0 bridgehead atoms. The first kappa shape index (κ1) is 8.29. The van der Waals surface area contributed by atoms with Crippen LogP contribution in [0.3, 0.4) is 0 Å². The Morgan fingerprint density at radius 1 is 1.54 bits per heavy atom. The summed E-state index contributed by atoms with van der Waals surface area (Å²) >= 11 is 0. The molecule has 13 heavy (non-hydrogen) atoms. The summed E-state index contributed by atoms with van der Waals surface area (Å²) in [7, 11) is 0. The van der Waals surface area contributed by atoms with E-state index in [9.17, 15) is 0 Å². The van der Waals surface area contributed by atoms with E-state index in [0.717, 1.165) is 18.4 Å². The van der Waals surface area contributed by atoms with Gasteiger partial charge >= 0.3 is 0 Å². The van der Waals surface area contributed by atoms with E-state index in [1.165, 1.54) is 6.42 Å². The summed E-state index contributed by atoms with van der Waals surface area (Å²) in [6.07, 6.45) is 4.55. The van der Waals surface area contributed by atoms with Crippen molar-refractivity contribution < 1.29 is 0 Å². The lowest BCUT2D eigenvalue weighted by Gasteiger charge is -2.02. The Morgan fingerprint density at radius 2 is 2.15 bits per heavy atom. The van der Waals surface area contributed by atoms with Crippen molar-refractivity contribution >= 4 is 11.6 Å². The smallest absolute Gasteiger partial charge is 0.222 e. The van der Waals surface area contributed by atoms with Gasteiger partial charge in [0.05, 0.1) is 18.1 Å². The zero-order valence-corrected chi connectivity index (χ0v) is 7.70. The van der Waals surface area contributed by atoms with Crippen LogP contribution in [0.15, 0.2) is 12.4 Å². The van der Waals surface area contributed by atoms with Crippen LogP contribution in [0.2, 0.25) is 0 Å². The largest absolute Gasteiger partial charge is 0.396 e. The second kappa shape index (κ2) is 3.20. The summed E-state index contributed by atoms with van der Waals surface area (Å²) in [6.45, 7) is 3.24. The van der Waals surface area contributed by atoms with Gasteiger partial charge in [0.15, 0.2) is 0 Å². The van der Waals surface area contributed by atoms with Gasteiger partial charge in [0.25, 0.3) is 0 Å². The monoisotopic (exact) mass is 178 g/mol. The van der Waals surface area contributed by atoms with Crippen molar-refractivity contribution in [2.24, 2.45) is 11.8 Å². The molecule has 1 aliphatic carbocycles. The lowest BCUT2D eigenvalue weighted by molar-refractivity contribution is 0.781. The first-order valence-electron chi connectivity index (χ1n) is 4.57. The highest BCUT2D eigenvalue weighted by Gasteiger charge is 2.31. The minimum absolute atomic E-state index is 0.602. The number of rotatable bonds is 3. The fourth-order valence-corrected chi connectivity index (χ4v) is 1.34. The van der Waals surface area contributed by atoms with Gasteiger partial charge in [-0.2, -0.15) is 0 Å². The molecule has 70 valence electrons. The van der Waals surface area contributed by atoms with Crippen LogP contribution in [0.1, 0.15) is 13.3 Å². The SMILES string of the molecule is CC1CC1CNc1ncc(N)cn1. The summed E-state index contributed by atoms with van der Waals surface area (Å²) in [5, 5.41) is 3.19. The minimum atomic E-state index is 0.602. The Balaban J connectivity index is 1.84. The van der Waals surface area contributed by atoms with Crippen molar-refractivity contribution in [3.8, 4) is 0 Å². The third kappa shape index (κ3) is 2.08. The van der Waals surface area contributed by atoms with Gasteiger partial charge in [-0.3, -0.25) is 0 Å². The fourth-order valence-electron chi connectivity index (χ4n) is 1.34. The number of aromatic nitrogens is 2. The van der Waals surface area contributed by atoms with Gasteiger partial charge in [-0.25, -0.2) is 9.97 Å². The third-order valence-corrected chi connectivity index (χ3v) is 2.47. The number of nitrogens with two attached hydrogens (primary N) is 1. The molecular formula is C9H14N4. The van der Waals surface area contributed by atoms with Gasteiger partial charge in [0.1, 0.15) is 0 Å². The summed E-state index contributed by atoms with van der Waals surface area (Å²) in [5.41, 5.74) is 6.07. The molecule has 1 fully saturated rings. The van der Waals surface area contributed by atoms with E-state index in [1.54, 1.807) is 12.4 Å². The number of hydrogen-bond donors (Lipinski definition) is 2. The number of hydrogen-bond acceptors (Lipinski definition) is 4. The first-order valence-corrected chi connectivity index (χ1v) is 4.57. The van der Waals surface area contributed by atoms with Crippen molar-refractivity contribution in [3.63, 3.8) is 0 Å². The average molecular weight is 178 g/mol. The van der Waals surface area contributed by atoms with Crippen LogP contribution in [-0.2, 0) is 0 Å². The molecule has 0 aromatic carbocycles. The molecule has 1 aliphatic rings. The Bertz CT molecular complexity index is 282. The van der Waals surface area contributed by atoms with Crippen LogP contribution in [0.4, 0.5) is 11.6 Å². The molecule has 4 nitrogen and oxygen atoms in total. The molecule has 0 aliphatic heterocycles. The highest BCUT2D eigenvalue weighted by atomic mass is 15.1. The molecule has 2 rings (SSSR count). The summed E-state index contributed by atoms with van der Waals surface area (Å²) < 4.78 is 0. The maximum absolute atomic E-state index is 5.46. The Kier molecular flexibility index (Phi) is 2.04. The average Bonchev–Trinajstić information content (AvgIpc) is 2.81. The molecule has 1 saturated carbocycles. The topological polar surface area (TPSA) is 63.8 Å². The van der Waals surface area contributed by atoms with E-state index >= 15 is 0 Å². The molecule has 1 aromatic heterocycles. The van der Waals surface area contributed by atoms with Crippen molar-refractivity contribution in [1.29, 1.82) is 0 Å². The van der Waals surface area contributed by atoms with Gasteiger partial charge in [-0.15, -0.1) is 0 Å². The van der Waals surface area contributed by atoms with Crippen LogP contribution in [0, 0.1) is 11.8 Å². The molecule has 0 spiro atoms. The van der Waals surface area contributed by atoms with Crippen LogP contribution >= 0.6 is 0 Å². The first-order chi connectivity index (χ1) is 6.25. The van der Waals surface area contributed by atoms with Crippen LogP contribution in [-0.4, -0.2) is 16.5 Å². The Labute approximate surface area is 77.6 Å². The summed E-state index contributed by atoms with van der Waals surface area (Å²) in [6, 6.07) is 0. The fraction of sp³-hybridized carbons (Fsp3) is 0.556. The van der Waals surface area contributed by atoms with Crippen molar-refractivity contribution in [3.05, 3.63) is 12.4 Å². The molecule has 0 amide bonds. The molecule has 3 N–H and O–H groups in total. The number of nitrogen functional groups attached to an aromatic ring is 1. The Hall–Kier alpha value is -1.32. The van der Waals surface area contributed by atoms with Gasteiger partial charge in [-0.1, -0.05) is 6.92 Å². The van der Waals surface area contributed by atoms with Crippen molar-refractivity contribution in [2.45, 2.75) is 13.3 Å². The molecule has 2 atom stereocenters. The van der Waals surface area contributed by atoms with Gasteiger partial charge in [0.2, 0.25) is 5.95 Å². The number of nitrogens with one attached hydrogen (secondary N) is 1.